The second-order valence-corrected chi connectivity index (χ2v) is 5.71. The van der Waals surface area contributed by atoms with Gasteiger partial charge in [0, 0.05) is 12.0 Å². The van der Waals surface area contributed by atoms with Gasteiger partial charge >= 0.3 is 6.09 Å². The van der Waals surface area contributed by atoms with E-state index in [-0.39, 0.29) is 6.09 Å². The monoisotopic (exact) mass is 227 g/mol. The van der Waals surface area contributed by atoms with Gasteiger partial charge in [0.05, 0.1) is 4.99 Å². The van der Waals surface area contributed by atoms with E-state index in [4.69, 9.17) is 17.0 Å². The van der Waals surface area contributed by atoms with Gasteiger partial charge in [-0.25, -0.2) is 4.79 Å². The molecule has 1 saturated heterocycles. The number of nitrogens with zero attached hydrogens (tertiary/aromatic N) is 1. The Bertz CT molecular complexity index is 308. The van der Waals surface area contributed by atoms with E-state index in [0.29, 0.717) is 12.0 Å². The molecule has 2 unspecified atom stereocenters. The second-order valence-electron chi connectivity index (χ2n) is 5.29. The van der Waals surface area contributed by atoms with Crippen LogP contribution in [0, 0.1) is 5.92 Å². The maximum absolute atomic E-state index is 11.8. The Morgan fingerprint density at radius 2 is 2.13 bits per heavy atom. The summed E-state index contributed by atoms with van der Waals surface area (Å²) in [6.07, 6.45) is 3.12. The maximum atomic E-state index is 11.8. The predicted octanol–water partition coefficient (Wildman–Crippen LogP) is 2.73. The van der Waals surface area contributed by atoms with Crippen molar-refractivity contribution in [1.82, 2.24) is 4.90 Å². The molecule has 2 aliphatic rings. The zero-order valence-electron chi connectivity index (χ0n) is 9.45. The van der Waals surface area contributed by atoms with Crippen LogP contribution in [0.5, 0.6) is 0 Å². The fourth-order valence-electron chi connectivity index (χ4n) is 2.33. The first-order valence-electron chi connectivity index (χ1n) is 5.46. The molecule has 4 heteroatoms. The Kier molecular flexibility index (Phi) is 2.49. The zero-order valence-corrected chi connectivity index (χ0v) is 10.3. The first-order valence-corrected chi connectivity index (χ1v) is 5.87. The summed E-state index contributed by atoms with van der Waals surface area (Å²) >= 11 is 5.23. The SMILES string of the molecule is CC(C)(C)OC(=O)N1C(=S)C2CCCC21. The normalized spacial score (nSPS) is 29.8. The van der Waals surface area contributed by atoms with Crippen LogP contribution in [-0.4, -0.2) is 27.6 Å². The highest BCUT2D eigenvalue weighted by Gasteiger charge is 2.50. The first-order chi connectivity index (χ1) is 6.90. The highest BCUT2D eigenvalue weighted by atomic mass is 32.1. The van der Waals surface area contributed by atoms with Crippen LogP contribution in [0.1, 0.15) is 40.0 Å². The molecule has 0 N–H and O–H groups in total. The Morgan fingerprint density at radius 3 is 2.73 bits per heavy atom. The van der Waals surface area contributed by atoms with Crippen molar-refractivity contribution < 1.29 is 9.53 Å². The summed E-state index contributed by atoms with van der Waals surface area (Å²) in [4.78, 5) is 14.3. The molecule has 0 aromatic heterocycles. The maximum Gasteiger partial charge on any atom is 0.415 e. The molecule has 0 aromatic carbocycles. The highest BCUT2D eigenvalue weighted by molar-refractivity contribution is 7.80. The quantitative estimate of drug-likeness (QED) is 0.596. The summed E-state index contributed by atoms with van der Waals surface area (Å²) < 4.78 is 5.32. The van der Waals surface area contributed by atoms with Crippen molar-refractivity contribution in [2.75, 3.05) is 0 Å². The predicted molar refractivity (Wildman–Crippen MR) is 61.8 cm³/mol. The highest BCUT2D eigenvalue weighted by Crippen LogP contribution is 2.41. The standard InChI is InChI=1S/C11H17NO2S/c1-11(2,3)14-10(13)12-8-6-4-5-7(8)9(12)15/h7-8H,4-6H2,1-3H3. The van der Waals surface area contributed by atoms with Gasteiger partial charge in [-0.15, -0.1) is 0 Å². The van der Waals surface area contributed by atoms with Gasteiger partial charge in [0.25, 0.3) is 0 Å². The summed E-state index contributed by atoms with van der Waals surface area (Å²) in [5.74, 6) is 0.465. The lowest BCUT2D eigenvalue weighted by atomic mass is 9.92. The second kappa shape index (κ2) is 3.44. The van der Waals surface area contributed by atoms with Crippen molar-refractivity contribution in [3.05, 3.63) is 0 Å². The van der Waals surface area contributed by atoms with E-state index in [1.807, 2.05) is 20.8 Å². The molecular weight excluding hydrogens is 210 g/mol. The molecule has 84 valence electrons. The number of rotatable bonds is 0. The molecule has 1 aliphatic carbocycles. The van der Waals surface area contributed by atoms with E-state index in [9.17, 15) is 4.79 Å². The third kappa shape index (κ3) is 1.87. The fourth-order valence-corrected chi connectivity index (χ4v) is 2.82. The molecule has 0 aromatic rings. The van der Waals surface area contributed by atoms with E-state index in [1.54, 1.807) is 4.90 Å². The summed E-state index contributed by atoms with van der Waals surface area (Å²) in [5.41, 5.74) is -0.434. The molecule has 1 amide bonds. The third-order valence-corrected chi connectivity index (χ3v) is 3.46. The largest absolute Gasteiger partial charge is 0.443 e. The number of hydrogen-bond donors (Lipinski definition) is 0. The van der Waals surface area contributed by atoms with Crippen LogP contribution in [0.3, 0.4) is 0 Å². The van der Waals surface area contributed by atoms with Crippen molar-refractivity contribution >= 4 is 23.3 Å². The number of thiocarbonyl (C=S) groups is 1. The molecular formula is C11H17NO2S. The van der Waals surface area contributed by atoms with E-state index in [0.717, 1.165) is 17.8 Å². The van der Waals surface area contributed by atoms with Crippen LogP contribution >= 0.6 is 12.2 Å². The van der Waals surface area contributed by atoms with Crippen LogP contribution < -0.4 is 0 Å². The molecule has 0 bridgehead atoms. The van der Waals surface area contributed by atoms with Gasteiger partial charge in [0.15, 0.2) is 0 Å². The van der Waals surface area contributed by atoms with E-state index in [1.165, 1.54) is 6.42 Å². The number of likely N-dealkylation sites (tertiary alicyclic amines) is 1. The number of carbonyl (C=O) groups is 1. The third-order valence-electron chi connectivity index (χ3n) is 2.96. The fraction of sp³-hybridized carbons (Fsp3) is 0.818. The molecule has 1 saturated carbocycles. The van der Waals surface area contributed by atoms with E-state index >= 15 is 0 Å². The molecule has 1 heterocycles. The summed E-state index contributed by atoms with van der Waals surface area (Å²) in [6.45, 7) is 5.62. The summed E-state index contributed by atoms with van der Waals surface area (Å²) in [5, 5.41) is 0. The van der Waals surface area contributed by atoms with Gasteiger partial charge in [-0.05, 0) is 33.6 Å². The minimum atomic E-state index is -0.434. The number of hydrogen-bond acceptors (Lipinski definition) is 3. The first kappa shape index (κ1) is 10.9. The number of ether oxygens (including phenoxy) is 1. The lowest BCUT2D eigenvalue weighted by Gasteiger charge is -2.44. The Labute approximate surface area is 95.8 Å². The van der Waals surface area contributed by atoms with Crippen LogP contribution in [0.25, 0.3) is 0 Å². The van der Waals surface area contributed by atoms with Crippen molar-refractivity contribution in [1.29, 1.82) is 0 Å². The van der Waals surface area contributed by atoms with Crippen LogP contribution in [0.2, 0.25) is 0 Å². The van der Waals surface area contributed by atoms with Gasteiger partial charge in [-0.2, -0.15) is 0 Å². The van der Waals surface area contributed by atoms with Crippen molar-refractivity contribution in [3.8, 4) is 0 Å². The van der Waals surface area contributed by atoms with E-state index in [2.05, 4.69) is 0 Å². The molecule has 0 radical (unpaired) electrons. The zero-order chi connectivity index (χ0) is 11.2. The molecule has 3 nitrogen and oxygen atoms in total. The lowest BCUT2D eigenvalue weighted by Crippen LogP contribution is -2.60. The molecule has 2 fully saturated rings. The van der Waals surface area contributed by atoms with Gasteiger partial charge < -0.3 is 4.74 Å². The van der Waals surface area contributed by atoms with Crippen molar-refractivity contribution in [2.24, 2.45) is 5.92 Å². The Balaban J connectivity index is 2.00. The number of fused-ring (bicyclic) bond motifs is 1. The number of amides is 1. The molecule has 2 rings (SSSR count). The molecule has 2 atom stereocenters. The van der Waals surface area contributed by atoms with E-state index < -0.39 is 5.60 Å². The molecule has 1 aliphatic heterocycles. The van der Waals surface area contributed by atoms with Crippen molar-refractivity contribution in [3.63, 3.8) is 0 Å². The van der Waals surface area contributed by atoms with Gasteiger partial charge in [0.1, 0.15) is 5.60 Å². The van der Waals surface area contributed by atoms with Crippen LogP contribution in [0.15, 0.2) is 0 Å². The Morgan fingerprint density at radius 1 is 1.47 bits per heavy atom. The smallest absolute Gasteiger partial charge is 0.415 e. The van der Waals surface area contributed by atoms with Crippen LogP contribution in [-0.2, 0) is 4.74 Å². The topological polar surface area (TPSA) is 29.5 Å². The lowest BCUT2D eigenvalue weighted by molar-refractivity contribution is 0.0218. The van der Waals surface area contributed by atoms with Crippen LogP contribution in [0.4, 0.5) is 4.79 Å². The average Bonchev–Trinajstić information content (AvgIpc) is 2.44. The van der Waals surface area contributed by atoms with Gasteiger partial charge in [-0.3, -0.25) is 4.90 Å². The minimum Gasteiger partial charge on any atom is -0.443 e. The van der Waals surface area contributed by atoms with Gasteiger partial charge in [0.2, 0.25) is 0 Å². The Hall–Kier alpha value is -0.640. The molecule has 0 spiro atoms. The average molecular weight is 227 g/mol. The summed E-state index contributed by atoms with van der Waals surface area (Å²) in [6, 6.07) is 0.326. The summed E-state index contributed by atoms with van der Waals surface area (Å²) in [7, 11) is 0. The minimum absolute atomic E-state index is 0.268. The molecule has 15 heavy (non-hydrogen) atoms. The van der Waals surface area contributed by atoms with Crippen molar-refractivity contribution in [2.45, 2.75) is 51.7 Å². The van der Waals surface area contributed by atoms with Gasteiger partial charge in [-0.1, -0.05) is 18.6 Å². The number of carbonyl (C=O) groups excluding carboxylic acids is 1.